The predicted octanol–water partition coefficient (Wildman–Crippen LogP) is 1.79. The number of aryl methyl sites for hydroxylation is 1. The maximum atomic E-state index is 5.95. The second-order valence-corrected chi connectivity index (χ2v) is 5.19. The van der Waals surface area contributed by atoms with Gasteiger partial charge in [-0.3, -0.25) is 16.0 Å². The molecule has 0 aliphatic heterocycles. The van der Waals surface area contributed by atoms with Gasteiger partial charge in [0.15, 0.2) is 0 Å². The van der Waals surface area contributed by atoms with E-state index >= 15 is 0 Å². The summed E-state index contributed by atoms with van der Waals surface area (Å²) in [6, 6.07) is 7.22. The van der Waals surface area contributed by atoms with E-state index in [9.17, 15) is 0 Å². The number of ether oxygens (including phenoxy) is 1. The largest absolute Gasteiger partial charge is 0.489 e. The molecular weight excluding hydrogens is 290 g/mol. The third-order valence-electron chi connectivity index (χ3n) is 3.30. The normalized spacial score (nSPS) is 13.9. The Morgan fingerprint density at radius 2 is 2.29 bits per heavy atom. The monoisotopic (exact) mass is 309 g/mol. The number of halogens is 1. The molecule has 114 valence electrons. The predicted molar refractivity (Wildman–Crippen MR) is 82.1 cm³/mol. The summed E-state index contributed by atoms with van der Waals surface area (Å²) in [5.74, 6) is 7.24. The molecule has 2 atom stereocenters. The summed E-state index contributed by atoms with van der Waals surface area (Å²) in [4.78, 5) is 4.26. The van der Waals surface area contributed by atoms with Crippen LogP contribution in [0.25, 0.3) is 0 Å². The highest BCUT2D eigenvalue weighted by Gasteiger charge is 2.20. The number of hydrogen-bond donors (Lipinski definition) is 2. The summed E-state index contributed by atoms with van der Waals surface area (Å²) in [6.07, 6.45) is 2.04. The summed E-state index contributed by atoms with van der Waals surface area (Å²) in [7, 11) is 0. The van der Waals surface area contributed by atoms with Gasteiger partial charge in [0.1, 0.15) is 24.0 Å². The second kappa shape index (κ2) is 7.40. The van der Waals surface area contributed by atoms with Crippen molar-refractivity contribution in [1.82, 2.24) is 20.2 Å². The number of rotatable bonds is 7. The molecule has 2 aromatic rings. The van der Waals surface area contributed by atoms with Crippen LogP contribution in [0.1, 0.15) is 19.7 Å². The minimum absolute atomic E-state index is 0.0847. The van der Waals surface area contributed by atoms with Gasteiger partial charge in [-0.05, 0) is 32.0 Å². The highest BCUT2D eigenvalue weighted by atomic mass is 35.5. The molecule has 0 saturated heterocycles. The standard InChI is InChI=1S/C14H20ClN5O/c1-3-20-14(17-9-18-20)8-13(19-16)10(2)21-12-6-4-5-11(15)7-12/h4-7,9-10,13,19H,3,8,16H2,1-2H3. The zero-order valence-corrected chi connectivity index (χ0v) is 12.9. The molecule has 0 spiro atoms. The van der Waals surface area contributed by atoms with Crippen LogP contribution >= 0.6 is 11.6 Å². The lowest BCUT2D eigenvalue weighted by atomic mass is 10.1. The smallest absolute Gasteiger partial charge is 0.138 e. The van der Waals surface area contributed by atoms with Crippen LogP contribution in [0.4, 0.5) is 0 Å². The topological polar surface area (TPSA) is 78.0 Å². The van der Waals surface area contributed by atoms with Crippen molar-refractivity contribution < 1.29 is 4.74 Å². The fraction of sp³-hybridized carbons (Fsp3) is 0.429. The third kappa shape index (κ3) is 4.17. The molecule has 6 nitrogen and oxygen atoms in total. The van der Waals surface area contributed by atoms with Gasteiger partial charge in [-0.1, -0.05) is 17.7 Å². The SMILES string of the molecule is CCn1ncnc1CC(NN)C(C)Oc1cccc(Cl)c1. The molecular formula is C14H20ClN5O. The van der Waals surface area contributed by atoms with E-state index in [-0.39, 0.29) is 12.1 Å². The van der Waals surface area contributed by atoms with E-state index in [1.54, 1.807) is 12.4 Å². The minimum Gasteiger partial charge on any atom is -0.489 e. The highest BCUT2D eigenvalue weighted by molar-refractivity contribution is 6.30. The van der Waals surface area contributed by atoms with Gasteiger partial charge in [0.25, 0.3) is 0 Å². The Hall–Kier alpha value is -1.63. The number of nitrogens with two attached hydrogens (primary N) is 1. The lowest BCUT2D eigenvalue weighted by molar-refractivity contribution is 0.168. The summed E-state index contributed by atoms with van der Waals surface area (Å²) in [5.41, 5.74) is 2.79. The van der Waals surface area contributed by atoms with E-state index < -0.39 is 0 Å². The maximum absolute atomic E-state index is 5.95. The first-order valence-electron chi connectivity index (χ1n) is 6.89. The van der Waals surface area contributed by atoms with Crippen LogP contribution in [0, 0.1) is 0 Å². The number of aromatic nitrogens is 3. The van der Waals surface area contributed by atoms with Gasteiger partial charge < -0.3 is 4.74 Å². The van der Waals surface area contributed by atoms with Crippen LogP contribution in [-0.4, -0.2) is 26.9 Å². The molecule has 0 fully saturated rings. The van der Waals surface area contributed by atoms with E-state index in [2.05, 4.69) is 15.5 Å². The molecule has 2 rings (SSSR count). The van der Waals surface area contributed by atoms with Crippen LogP contribution in [0.15, 0.2) is 30.6 Å². The molecule has 1 aromatic heterocycles. The van der Waals surface area contributed by atoms with Crippen molar-refractivity contribution in [2.45, 2.75) is 39.0 Å². The average Bonchev–Trinajstić information content (AvgIpc) is 2.91. The molecule has 0 bridgehead atoms. The Balaban J connectivity index is 2.03. The van der Waals surface area contributed by atoms with Crippen molar-refractivity contribution in [3.63, 3.8) is 0 Å². The van der Waals surface area contributed by atoms with Crippen LogP contribution < -0.4 is 16.0 Å². The fourth-order valence-corrected chi connectivity index (χ4v) is 2.28. The highest BCUT2D eigenvalue weighted by Crippen LogP contribution is 2.19. The molecule has 1 heterocycles. The molecule has 2 unspecified atom stereocenters. The van der Waals surface area contributed by atoms with Crippen molar-refractivity contribution in [3.05, 3.63) is 41.4 Å². The molecule has 0 aliphatic rings. The number of hydrazine groups is 1. The first kappa shape index (κ1) is 15.8. The Morgan fingerprint density at radius 1 is 1.48 bits per heavy atom. The zero-order chi connectivity index (χ0) is 15.2. The van der Waals surface area contributed by atoms with Crippen molar-refractivity contribution in [2.24, 2.45) is 5.84 Å². The maximum Gasteiger partial charge on any atom is 0.138 e. The van der Waals surface area contributed by atoms with Crippen LogP contribution in [0.5, 0.6) is 5.75 Å². The van der Waals surface area contributed by atoms with E-state index in [1.807, 2.05) is 36.7 Å². The molecule has 0 aliphatic carbocycles. The summed E-state index contributed by atoms with van der Waals surface area (Å²) in [5, 5.41) is 4.80. The Kier molecular flexibility index (Phi) is 5.55. The fourth-order valence-electron chi connectivity index (χ4n) is 2.10. The van der Waals surface area contributed by atoms with Gasteiger partial charge in [-0.25, -0.2) is 4.98 Å². The van der Waals surface area contributed by atoms with Crippen molar-refractivity contribution >= 4 is 11.6 Å². The molecule has 0 radical (unpaired) electrons. The van der Waals surface area contributed by atoms with Crippen molar-refractivity contribution in [3.8, 4) is 5.75 Å². The third-order valence-corrected chi connectivity index (χ3v) is 3.53. The molecule has 0 saturated carbocycles. The molecule has 1 aromatic carbocycles. The number of hydrogen-bond acceptors (Lipinski definition) is 5. The van der Waals surface area contributed by atoms with Gasteiger partial charge in [-0.15, -0.1) is 0 Å². The summed E-state index contributed by atoms with van der Waals surface area (Å²) < 4.78 is 7.73. The lowest BCUT2D eigenvalue weighted by Crippen LogP contribution is -2.47. The molecule has 0 amide bonds. The Morgan fingerprint density at radius 3 is 2.95 bits per heavy atom. The van der Waals surface area contributed by atoms with Crippen molar-refractivity contribution in [2.75, 3.05) is 0 Å². The molecule has 21 heavy (non-hydrogen) atoms. The summed E-state index contributed by atoms with van der Waals surface area (Å²) >= 11 is 5.95. The molecule has 7 heteroatoms. The Bertz CT molecular complexity index is 574. The number of benzene rings is 1. The van der Waals surface area contributed by atoms with E-state index in [0.717, 1.165) is 12.4 Å². The van der Waals surface area contributed by atoms with Crippen molar-refractivity contribution in [1.29, 1.82) is 0 Å². The first-order valence-corrected chi connectivity index (χ1v) is 7.26. The number of nitrogens with one attached hydrogen (secondary N) is 1. The zero-order valence-electron chi connectivity index (χ0n) is 12.2. The quantitative estimate of drug-likeness (QED) is 0.602. The second-order valence-electron chi connectivity index (χ2n) is 4.75. The summed E-state index contributed by atoms with van der Waals surface area (Å²) in [6.45, 7) is 4.75. The van der Waals surface area contributed by atoms with Gasteiger partial charge in [0, 0.05) is 18.0 Å². The van der Waals surface area contributed by atoms with E-state index in [1.165, 1.54) is 0 Å². The van der Waals surface area contributed by atoms with Gasteiger partial charge in [-0.2, -0.15) is 5.10 Å². The van der Waals surface area contributed by atoms with E-state index in [0.29, 0.717) is 17.2 Å². The first-order chi connectivity index (χ1) is 10.1. The molecule has 3 N–H and O–H groups in total. The minimum atomic E-state index is -0.143. The lowest BCUT2D eigenvalue weighted by Gasteiger charge is -2.24. The Labute approximate surface area is 129 Å². The number of nitrogens with zero attached hydrogens (tertiary/aromatic N) is 3. The van der Waals surface area contributed by atoms with Crippen LogP contribution in [-0.2, 0) is 13.0 Å². The van der Waals surface area contributed by atoms with Gasteiger partial charge in [0.05, 0.1) is 6.04 Å². The van der Waals surface area contributed by atoms with Gasteiger partial charge >= 0.3 is 0 Å². The van der Waals surface area contributed by atoms with Crippen LogP contribution in [0.2, 0.25) is 5.02 Å². The van der Waals surface area contributed by atoms with Gasteiger partial charge in [0.2, 0.25) is 0 Å². The van der Waals surface area contributed by atoms with E-state index in [4.69, 9.17) is 22.2 Å². The van der Waals surface area contributed by atoms with Crippen LogP contribution in [0.3, 0.4) is 0 Å². The average molecular weight is 310 g/mol.